The molecule has 5 heteroatoms. The summed E-state index contributed by atoms with van der Waals surface area (Å²) < 4.78 is 0. The van der Waals surface area contributed by atoms with Crippen LogP contribution >= 0.6 is 0 Å². The van der Waals surface area contributed by atoms with Crippen LogP contribution in [0.4, 0.5) is 5.69 Å². The molecule has 0 unspecified atom stereocenters. The molecule has 4 rings (SSSR count). The Balaban J connectivity index is 1.83. The summed E-state index contributed by atoms with van der Waals surface area (Å²) >= 11 is 0. The lowest BCUT2D eigenvalue weighted by atomic mass is 9.90. The van der Waals surface area contributed by atoms with Crippen LogP contribution in [0.3, 0.4) is 0 Å². The number of anilines is 1. The predicted molar refractivity (Wildman–Crippen MR) is 95.3 cm³/mol. The molecule has 1 aliphatic rings. The van der Waals surface area contributed by atoms with Crippen LogP contribution in [-0.4, -0.2) is 31.1 Å². The van der Waals surface area contributed by atoms with E-state index < -0.39 is 12.0 Å². The Morgan fingerprint density at radius 2 is 1.88 bits per heavy atom. The van der Waals surface area contributed by atoms with Gasteiger partial charge in [0.25, 0.3) is 0 Å². The SMILES string of the molecule is CN(C)c1ccc([C@H]2[NH2+][C@H](C(=O)[O-])Cc3c2[nH]c2ccccc32)cc1. The van der Waals surface area contributed by atoms with Gasteiger partial charge in [-0.25, -0.2) is 0 Å². The quantitative estimate of drug-likeness (QED) is 0.734. The van der Waals surface area contributed by atoms with Crippen molar-refractivity contribution in [2.75, 3.05) is 19.0 Å². The summed E-state index contributed by atoms with van der Waals surface area (Å²) in [4.78, 5) is 17.1. The highest BCUT2D eigenvalue weighted by atomic mass is 16.4. The number of carboxylic acids is 1. The number of benzene rings is 2. The molecule has 2 atom stereocenters. The fraction of sp³-hybridized carbons (Fsp3) is 0.250. The smallest absolute Gasteiger partial charge is 0.153 e. The Morgan fingerprint density at radius 1 is 1.16 bits per heavy atom. The molecule has 3 aromatic rings. The van der Waals surface area contributed by atoms with Gasteiger partial charge >= 0.3 is 0 Å². The minimum Gasteiger partial charge on any atom is -0.544 e. The van der Waals surface area contributed by atoms with Crippen molar-refractivity contribution >= 4 is 22.6 Å². The average molecular weight is 335 g/mol. The molecule has 2 aromatic carbocycles. The number of nitrogens with zero attached hydrogens (tertiary/aromatic N) is 1. The molecule has 3 N–H and O–H groups in total. The van der Waals surface area contributed by atoms with Crippen LogP contribution in [-0.2, 0) is 11.2 Å². The second-order valence-corrected chi connectivity index (χ2v) is 6.85. The number of para-hydroxylation sites is 1. The Labute approximate surface area is 146 Å². The summed E-state index contributed by atoms with van der Waals surface area (Å²) in [7, 11) is 4.01. The lowest BCUT2D eigenvalue weighted by Gasteiger charge is -2.29. The number of hydrogen-bond acceptors (Lipinski definition) is 3. The first kappa shape index (κ1) is 15.7. The Kier molecular flexibility index (Phi) is 3.73. The zero-order valence-electron chi connectivity index (χ0n) is 14.3. The molecule has 0 amide bonds. The fourth-order valence-corrected chi connectivity index (χ4v) is 3.74. The molecule has 0 aliphatic carbocycles. The summed E-state index contributed by atoms with van der Waals surface area (Å²) in [6, 6.07) is 15.7. The number of aliphatic carboxylic acids is 1. The molecule has 1 aromatic heterocycles. The Morgan fingerprint density at radius 3 is 2.56 bits per heavy atom. The first-order valence-electron chi connectivity index (χ1n) is 8.47. The third-order valence-electron chi connectivity index (χ3n) is 5.08. The van der Waals surface area contributed by atoms with Gasteiger partial charge in [0.2, 0.25) is 0 Å². The molecular formula is C20H21N3O2. The maximum Gasteiger partial charge on any atom is 0.153 e. The van der Waals surface area contributed by atoms with Gasteiger partial charge in [0.15, 0.2) is 6.04 Å². The number of fused-ring (bicyclic) bond motifs is 3. The monoisotopic (exact) mass is 335 g/mol. The molecule has 2 heterocycles. The van der Waals surface area contributed by atoms with E-state index >= 15 is 0 Å². The third-order valence-corrected chi connectivity index (χ3v) is 5.08. The van der Waals surface area contributed by atoms with E-state index in [4.69, 9.17) is 0 Å². The summed E-state index contributed by atoms with van der Waals surface area (Å²) in [5.74, 6) is -1.01. The number of H-pyrrole nitrogens is 1. The van der Waals surface area contributed by atoms with Crippen LogP contribution in [0.25, 0.3) is 10.9 Å². The third kappa shape index (κ3) is 2.66. The van der Waals surface area contributed by atoms with Crippen molar-refractivity contribution in [3.05, 3.63) is 65.4 Å². The number of quaternary nitrogens is 1. The van der Waals surface area contributed by atoms with Crippen molar-refractivity contribution in [1.82, 2.24) is 4.98 Å². The molecule has 0 radical (unpaired) electrons. The standard InChI is InChI=1S/C20H21N3O2/c1-23(2)13-9-7-12(8-10-13)18-19-15(11-17(22-18)20(24)25)14-5-3-4-6-16(14)21-19/h3-10,17-18,21-22H,11H2,1-2H3,(H,24,25)/t17-,18+/m0/s1. The van der Waals surface area contributed by atoms with Crippen molar-refractivity contribution in [2.24, 2.45) is 0 Å². The number of hydrogen-bond donors (Lipinski definition) is 2. The van der Waals surface area contributed by atoms with Crippen molar-refractivity contribution < 1.29 is 15.2 Å². The average Bonchev–Trinajstić information content (AvgIpc) is 2.99. The number of nitrogens with one attached hydrogen (secondary N) is 1. The molecule has 25 heavy (non-hydrogen) atoms. The van der Waals surface area contributed by atoms with E-state index in [0.29, 0.717) is 6.42 Å². The summed E-state index contributed by atoms with van der Waals surface area (Å²) in [6.07, 6.45) is 0.480. The fourth-order valence-electron chi connectivity index (χ4n) is 3.74. The van der Waals surface area contributed by atoms with E-state index in [2.05, 4.69) is 35.3 Å². The van der Waals surface area contributed by atoms with Crippen molar-refractivity contribution in [3.8, 4) is 0 Å². The highest BCUT2D eigenvalue weighted by Crippen LogP contribution is 2.32. The summed E-state index contributed by atoms with van der Waals surface area (Å²) in [5.41, 5.74) is 5.44. The highest BCUT2D eigenvalue weighted by molar-refractivity contribution is 5.86. The number of aromatic amines is 1. The molecule has 0 fully saturated rings. The molecule has 5 nitrogen and oxygen atoms in total. The molecule has 0 spiro atoms. The first-order valence-corrected chi connectivity index (χ1v) is 8.47. The van der Waals surface area contributed by atoms with E-state index in [1.165, 1.54) is 0 Å². The zero-order valence-corrected chi connectivity index (χ0v) is 14.3. The molecule has 0 saturated heterocycles. The molecular weight excluding hydrogens is 314 g/mol. The lowest BCUT2D eigenvalue weighted by Crippen LogP contribution is -2.95. The van der Waals surface area contributed by atoms with Crippen LogP contribution in [0.5, 0.6) is 0 Å². The van der Waals surface area contributed by atoms with Crippen molar-refractivity contribution in [2.45, 2.75) is 18.5 Å². The number of carbonyl (C=O) groups is 1. The second kappa shape index (κ2) is 5.93. The number of nitrogens with two attached hydrogens (primary N) is 1. The van der Waals surface area contributed by atoms with Gasteiger partial charge in [-0.05, 0) is 23.8 Å². The van der Waals surface area contributed by atoms with Gasteiger partial charge in [-0.1, -0.05) is 30.3 Å². The van der Waals surface area contributed by atoms with Gasteiger partial charge in [-0.2, -0.15) is 0 Å². The molecule has 128 valence electrons. The van der Waals surface area contributed by atoms with E-state index in [9.17, 15) is 9.90 Å². The second-order valence-electron chi connectivity index (χ2n) is 6.85. The molecule has 0 bridgehead atoms. The van der Waals surface area contributed by atoms with Crippen LogP contribution < -0.4 is 15.3 Å². The van der Waals surface area contributed by atoms with E-state index in [1.807, 2.05) is 42.5 Å². The zero-order chi connectivity index (χ0) is 17.6. The van der Waals surface area contributed by atoms with Crippen molar-refractivity contribution in [1.29, 1.82) is 0 Å². The predicted octanol–water partition coefficient (Wildman–Crippen LogP) is 0.561. The Bertz CT molecular complexity index is 928. The van der Waals surface area contributed by atoms with Gasteiger partial charge in [-0.15, -0.1) is 0 Å². The molecule has 0 saturated carbocycles. The van der Waals surface area contributed by atoms with E-state index in [0.717, 1.165) is 33.4 Å². The number of rotatable bonds is 3. The van der Waals surface area contributed by atoms with E-state index in [-0.39, 0.29) is 6.04 Å². The van der Waals surface area contributed by atoms with Gasteiger partial charge in [0.05, 0.1) is 11.7 Å². The largest absolute Gasteiger partial charge is 0.544 e. The Hall–Kier alpha value is -2.79. The number of aromatic nitrogens is 1. The highest BCUT2D eigenvalue weighted by Gasteiger charge is 2.34. The van der Waals surface area contributed by atoms with Gasteiger partial charge in [-0.3, -0.25) is 0 Å². The molecule has 1 aliphatic heterocycles. The summed E-state index contributed by atoms with van der Waals surface area (Å²) in [6.45, 7) is 0. The maximum atomic E-state index is 11.6. The lowest BCUT2D eigenvalue weighted by molar-refractivity contribution is -0.717. The minimum absolute atomic E-state index is 0.0738. The first-order chi connectivity index (χ1) is 12.0. The maximum absolute atomic E-state index is 11.6. The van der Waals surface area contributed by atoms with Crippen LogP contribution in [0.1, 0.15) is 22.9 Å². The minimum atomic E-state index is -1.01. The van der Waals surface area contributed by atoms with E-state index in [1.54, 1.807) is 0 Å². The van der Waals surface area contributed by atoms with Gasteiger partial charge in [0.1, 0.15) is 6.04 Å². The van der Waals surface area contributed by atoms with Crippen molar-refractivity contribution in [3.63, 3.8) is 0 Å². The van der Waals surface area contributed by atoms with Gasteiger partial charge in [0, 0.05) is 42.7 Å². The number of carboxylic acid groups (broad SMARTS) is 1. The topological polar surface area (TPSA) is 75.8 Å². The normalized spacial score (nSPS) is 19.6. The van der Waals surface area contributed by atoms with Crippen LogP contribution in [0.2, 0.25) is 0 Å². The van der Waals surface area contributed by atoms with Crippen LogP contribution in [0.15, 0.2) is 48.5 Å². The van der Waals surface area contributed by atoms with Gasteiger partial charge < -0.3 is 25.1 Å². The summed E-state index contributed by atoms with van der Waals surface area (Å²) in [5, 5.41) is 14.6. The number of carbonyl (C=O) groups excluding carboxylic acids is 1. The van der Waals surface area contributed by atoms with Crippen LogP contribution in [0, 0.1) is 0 Å².